The maximum atomic E-state index is 13.5. The molecule has 0 aromatic carbocycles. The van der Waals surface area contributed by atoms with Crippen LogP contribution in [0.5, 0.6) is 0 Å². The van der Waals surface area contributed by atoms with E-state index in [1.807, 2.05) is 6.08 Å². The van der Waals surface area contributed by atoms with Crippen molar-refractivity contribution in [3.63, 3.8) is 0 Å². The van der Waals surface area contributed by atoms with Crippen molar-refractivity contribution >= 4 is 5.91 Å². The Morgan fingerprint density at radius 3 is 0.971 bits per heavy atom. The molecular formula is C84H159NO18. The summed E-state index contributed by atoms with van der Waals surface area (Å²) >= 11 is 0. The van der Waals surface area contributed by atoms with Crippen molar-refractivity contribution in [2.24, 2.45) is 0 Å². The predicted octanol–water partition coefficient (Wildman–Crippen LogP) is 15.3. The fourth-order valence-electron chi connectivity index (χ4n) is 14.9. The van der Waals surface area contributed by atoms with Gasteiger partial charge >= 0.3 is 0 Å². The molecule has 103 heavy (non-hydrogen) atoms. The zero-order chi connectivity index (χ0) is 74.6. The quantitative estimate of drug-likeness (QED) is 0.0199. The minimum atomic E-state index is -1.98. The molecule has 0 radical (unpaired) electrons. The van der Waals surface area contributed by atoms with Crippen LogP contribution in [0.3, 0.4) is 0 Å². The number of hydrogen-bond acceptors (Lipinski definition) is 18. The van der Waals surface area contributed by atoms with Crippen molar-refractivity contribution in [3.05, 3.63) is 24.3 Å². The molecule has 0 saturated carbocycles. The van der Waals surface area contributed by atoms with E-state index >= 15 is 0 Å². The van der Waals surface area contributed by atoms with Crippen LogP contribution in [0.25, 0.3) is 0 Å². The highest BCUT2D eigenvalue weighted by atomic mass is 16.8. The molecule has 17 unspecified atom stereocenters. The van der Waals surface area contributed by atoms with Crippen molar-refractivity contribution in [1.82, 2.24) is 5.32 Å². The van der Waals surface area contributed by atoms with E-state index in [1.54, 1.807) is 6.08 Å². The first-order valence-electron chi connectivity index (χ1n) is 43.1. The fourth-order valence-corrected chi connectivity index (χ4v) is 14.9. The Morgan fingerprint density at radius 2 is 0.621 bits per heavy atom. The largest absolute Gasteiger partial charge is 0.394 e. The topological polar surface area (TPSA) is 307 Å². The van der Waals surface area contributed by atoms with E-state index in [2.05, 4.69) is 31.3 Å². The number of aliphatic hydroxyl groups is 11. The summed E-state index contributed by atoms with van der Waals surface area (Å²) in [5.74, 6) is -0.277. The van der Waals surface area contributed by atoms with Gasteiger partial charge in [0.15, 0.2) is 18.9 Å². The Morgan fingerprint density at radius 1 is 0.340 bits per heavy atom. The van der Waals surface area contributed by atoms with Gasteiger partial charge in [-0.25, -0.2) is 0 Å². The van der Waals surface area contributed by atoms with Crippen molar-refractivity contribution in [2.45, 2.75) is 478 Å². The molecule has 0 aromatic rings. The molecule has 17 atom stereocenters. The molecular weight excluding hydrogens is 1310 g/mol. The number of carbonyl (C=O) groups excluding carboxylic acids is 1. The number of rotatable bonds is 70. The molecule has 0 aromatic heterocycles. The van der Waals surface area contributed by atoms with Crippen molar-refractivity contribution < 1.29 is 89.4 Å². The molecule has 1 amide bonds. The number of nitrogens with one attached hydrogen (secondary N) is 1. The highest BCUT2D eigenvalue weighted by molar-refractivity contribution is 5.76. The molecule has 0 bridgehead atoms. The average molecular weight is 1470 g/mol. The number of amides is 1. The first kappa shape index (κ1) is 95.5. The number of unbranched alkanes of at least 4 members (excludes halogenated alkanes) is 52. The minimum absolute atomic E-state index is 0.241. The van der Waals surface area contributed by atoms with Crippen LogP contribution in [0.2, 0.25) is 0 Å². The van der Waals surface area contributed by atoms with Crippen LogP contribution < -0.4 is 5.32 Å². The summed E-state index contributed by atoms with van der Waals surface area (Å²) < 4.78 is 34.5. The molecule has 0 spiro atoms. The Bertz CT molecular complexity index is 1950. The summed E-state index contributed by atoms with van der Waals surface area (Å²) in [6.45, 7) is 1.78. The third-order valence-electron chi connectivity index (χ3n) is 21.8. The molecule has 19 nitrogen and oxygen atoms in total. The maximum absolute atomic E-state index is 13.5. The maximum Gasteiger partial charge on any atom is 0.220 e. The average Bonchev–Trinajstić information content (AvgIpc) is 0.781. The summed E-state index contributed by atoms with van der Waals surface area (Å²) in [6, 6.07) is -0.988. The lowest BCUT2D eigenvalue weighted by atomic mass is 9.96. The van der Waals surface area contributed by atoms with Gasteiger partial charge in [0.05, 0.1) is 38.6 Å². The van der Waals surface area contributed by atoms with Gasteiger partial charge in [-0.1, -0.05) is 359 Å². The normalized spacial score (nSPS) is 26.1. The molecule has 3 rings (SSSR count). The van der Waals surface area contributed by atoms with Crippen LogP contribution in [0.1, 0.15) is 373 Å². The second-order valence-electron chi connectivity index (χ2n) is 31.0. The van der Waals surface area contributed by atoms with E-state index in [4.69, 9.17) is 28.4 Å². The third-order valence-corrected chi connectivity index (χ3v) is 21.8. The highest BCUT2D eigenvalue weighted by Gasteiger charge is 2.54. The first-order chi connectivity index (χ1) is 50.3. The predicted molar refractivity (Wildman–Crippen MR) is 411 cm³/mol. The van der Waals surface area contributed by atoms with E-state index in [0.717, 1.165) is 38.5 Å². The van der Waals surface area contributed by atoms with Gasteiger partial charge in [-0.3, -0.25) is 4.79 Å². The van der Waals surface area contributed by atoms with E-state index in [1.165, 1.54) is 302 Å². The van der Waals surface area contributed by atoms with Crippen LogP contribution in [0, 0.1) is 0 Å². The molecule has 3 heterocycles. The molecule has 19 heteroatoms. The van der Waals surface area contributed by atoms with Gasteiger partial charge in [0.1, 0.15) is 73.2 Å². The Kier molecular flexibility index (Phi) is 60.3. The molecule has 3 fully saturated rings. The smallest absolute Gasteiger partial charge is 0.220 e. The van der Waals surface area contributed by atoms with Crippen LogP contribution in [-0.2, 0) is 33.2 Å². The van der Waals surface area contributed by atoms with Crippen molar-refractivity contribution in [2.75, 3.05) is 26.4 Å². The minimum Gasteiger partial charge on any atom is -0.394 e. The number of allylic oxidation sites excluding steroid dienone is 3. The number of ether oxygens (including phenoxy) is 6. The fraction of sp³-hybridized carbons (Fsp3) is 0.940. The van der Waals surface area contributed by atoms with E-state index in [9.17, 15) is 61.0 Å². The number of carbonyl (C=O) groups is 1. The van der Waals surface area contributed by atoms with Gasteiger partial charge in [-0.15, -0.1) is 0 Å². The van der Waals surface area contributed by atoms with Crippen LogP contribution in [-0.4, -0.2) is 193 Å². The molecule has 3 aliphatic heterocycles. The van der Waals surface area contributed by atoms with Crippen molar-refractivity contribution in [1.29, 1.82) is 0 Å². The standard InChI is InChI=1S/C84H159NO18/c1-3-5-7-9-11-13-15-17-19-21-23-25-26-27-28-29-30-31-32-33-34-35-36-37-38-39-40-41-42-44-46-48-50-52-54-56-58-60-62-72(90)85-67(68(89)61-59-57-55-53-51-49-47-45-43-24-22-20-18-16-14-12-10-8-6-4-2)66-98-82-78(96)75(93)80(70(64-87)100-82)103-84-79(97)76(94)81(71(65-88)101-84)102-83-77(95)74(92)73(91)69(63-86)99-83/h51,53,59,61,67-71,73-84,86-89,91-97H,3-50,52,54-58,60,62-66H2,1-2H3,(H,85,90)/b53-51+,61-59+. The third kappa shape index (κ3) is 44.6. The van der Waals surface area contributed by atoms with Gasteiger partial charge in [0, 0.05) is 6.42 Å². The molecule has 608 valence electrons. The van der Waals surface area contributed by atoms with Gasteiger partial charge in [0.2, 0.25) is 5.91 Å². The Hall–Kier alpha value is -1.73. The van der Waals surface area contributed by atoms with Crippen molar-refractivity contribution in [3.8, 4) is 0 Å². The summed E-state index contributed by atoms with van der Waals surface area (Å²) in [5.41, 5.74) is 0. The number of hydrogen-bond donors (Lipinski definition) is 12. The lowest BCUT2D eigenvalue weighted by Gasteiger charge is -2.48. The summed E-state index contributed by atoms with van der Waals surface area (Å²) in [5, 5.41) is 121. The van der Waals surface area contributed by atoms with Crippen LogP contribution >= 0.6 is 0 Å². The Balaban J connectivity index is 1.31. The van der Waals surface area contributed by atoms with Gasteiger partial charge in [0.25, 0.3) is 0 Å². The van der Waals surface area contributed by atoms with E-state index in [-0.39, 0.29) is 18.9 Å². The van der Waals surface area contributed by atoms with Crippen LogP contribution in [0.4, 0.5) is 0 Å². The van der Waals surface area contributed by atoms with Crippen LogP contribution in [0.15, 0.2) is 24.3 Å². The molecule has 12 N–H and O–H groups in total. The molecule has 3 aliphatic rings. The zero-order valence-corrected chi connectivity index (χ0v) is 65.3. The summed E-state index contributed by atoms with van der Waals surface area (Å²) in [7, 11) is 0. The molecule has 3 saturated heterocycles. The first-order valence-corrected chi connectivity index (χ1v) is 43.1. The lowest BCUT2D eigenvalue weighted by molar-refractivity contribution is -0.379. The van der Waals surface area contributed by atoms with E-state index < -0.39 is 124 Å². The van der Waals surface area contributed by atoms with Gasteiger partial charge in [-0.05, 0) is 32.1 Å². The highest BCUT2D eigenvalue weighted by Crippen LogP contribution is 2.33. The number of aliphatic hydroxyl groups excluding tert-OH is 11. The SMILES string of the molecule is CCCCCCCCCCCCCCCC/C=C/CC/C=C/C(O)C(COC1OC(CO)C(OC2OC(CO)C(OC3OC(CO)C(O)C(O)C3O)C(O)C2O)C(O)C1O)NC(=O)CCCCCCCCCCCCCCCCCCCCCCCCCCCCCCCCCCCCCCCC. The summed E-state index contributed by atoms with van der Waals surface area (Å²) in [4.78, 5) is 13.5. The van der Waals surface area contributed by atoms with Gasteiger partial charge < -0.3 is 89.9 Å². The monoisotopic (exact) mass is 1470 g/mol. The summed E-state index contributed by atoms with van der Waals surface area (Å²) in [6.07, 6.45) is 53.5. The second kappa shape index (κ2) is 65.0. The zero-order valence-electron chi connectivity index (χ0n) is 65.3. The Labute approximate surface area is 626 Å². The van der Waals surface area contributed by atoms with E-state index in [0.29, 0.717) is 12.8 Å². The van der Waals surface area contributed by atoms with Gasteiger partial charge in [-0.2, -0.15) is 0 Å². The lowest BCUT2D eigenvalue weighted by Crippen LogP contribution is -2.66. The second-order valence-corrected chi connectivity index (χ2v) is 31.0. The molecule has 0 aliphatic carbocycles.